The number of pyridine rings is 1. The maximum atomic E-state index is 11.7. The van der Waals surface area contributed by atoms with Crippen LogP contribution < -0.4 is 11.5 Å². The van der Waals surface area contributed by atoms with Crippen molar-refractivity contribution < 1.29 is 4.79 Å². The zero-order valence-electron chi connectivity index (χ0n) is 12.2. The molecule has 1 heterocycles. The number of carbonyl (C=O) groups is 1. The van der Waals surface area contributed by atoms with Crippen LogP contribution in [0.5, 0.6) is 0 Å². The maximum Gasteiger partial charge on any atom is 0.249 e. The summed E-state index contributed by atoms with van der Waals surface area (Å²) in [6.45, 7) is 0. The van der Waals surface area contributed by atoms with Gasteiger partial charge in [-0.15, -0.1) is 0 Å². The van der Waals surface area contributed by atoms with E-state index in [-0.39, 0.29) is 0 Å². The molecule has 0 saturated carbocycles. The van der Waals surface area contributed by atoms with Gasteiger partial charge in [-0.1, -0.05) is 23.7 Å². The summed E-state index contributed by atoms with van der Waals surface area (Å²) in [7, 11) is 0. The first-order chi connectivity index (χ1) is 11.1. The van der Waals surface area contributed by atoms with Gasteiger partial charge in [0.05, 0.1) is 5.69 Å². The second-order valence-electron chi connectivity index (χ2n) is 5.08. The minimum atomic E-state index is -0.505. The van der Waals surface area contributed by atoms with Crippen molar-refractivity contribution in [2.45, 2.75) is 0 Å². The van der Waals surface area contributed by atoms with Crippen LogP contribution in [0, 0.1) is 0 Å². The molecule has 3 rings (SSSR count). The molecule has 4 nitrogen and oxygen atoms in total. The Kier molecular flexibility index (Phi) is 4.00. The molecule has 1 amide bonds. The van der Waals surface area contributed by atoms with Crippen LogP contribution in [0.2, 0.25) is 5.02 Å². The van der Waals surface area contributed by atoms with Crippen molar-refractivity contribution in [3.8, 4) is 22.4 Å². The number of hydrogen-bond donors (Lipinski definition) is 2. The summed E-state index contributed by atoms with van der Waals surface area (Å²) in [6, 6.07) is 16.1. The zero-order valence-corrected chi connectivity index (χ0v) is 12.9. The summed E-state index contributed by atoms with van der Waals surface area (Å²) < 4.78 is 0. The van der Waals surface area contributed by atoms with Gasteiger partial charge in [0.2, 0.25) is 5.91 Å². The van der Waals surface area contributed by atoms with Crippen molar-refractivity contribution in [3.63, 3.8) is 0 Å². The van der Waals surface area contributed by atoms with Gasteiger partial charge in [0.15, 0.2) is 0 Å². The van der Waals surface area contributed by atoms with Crippen LogP contribution in [0.3, 0.4) is 0 Å². The SMILES string of the molecule is NC(=O)c1ccc(N)cc1-c1ccc(Cl)c(-c2ccccn2)c1. The van der Waals surface area contributed by atoms with Gasteiger partial charge in [-0.2, -0.15) is 0 Å². The molecule has 5 heteroatoms. The lowest BCUT2D eigenvalue weighted by atomic mass is 9.96. The summed E-state index contributed by atoms with van der Waals surface area (Å²) >= 11 is 6.30. The number of aromatic nitrogens is 1. The van der Waals surface area contributed by atoms with Crippen molar-refractivity contribution >= 4 is 23.2 Å². The molecule has 0 aliphatic carbocycles. The van der Waals surface area contributed by atoms with E-state index in [1.165, 1.54) is 0 Å². The third kappa shape index (κ3) is 3.03. The first-order valence-corrected chi connectivity index (χ1v) is 7.34. The molecule has 0 fully saturated rings. The molecule has 0 atom stereocenters. The Labute approximate surface area is 138 Å². The first kappa shape index (κ1) is 15.1. The molecule has 23 heavy (non-hydrogen) atoms. The molecular formula is C18H14ClN3O. The molecule has 2 aromatic carbocycles. The van der Waals surface area contributed by atoms with E-state index in [0.717, 1.165) is 16.8 Å². The summed E-state index contributed by atoms with van der Waals surface area (Å²) in [5.74, 6) is -0.505. The van der Waals surface area contributed by atoms with Crippen LogP contribution in [0.1, 0.15) is 10.4 Å². The molecule has 0 aliphatic heterocycles. The van der Waals surface area contributed by atoms with E-state index >= 15 is 0 Å². The second kappa shape index (κ2) is 6.10. The van der Waals surface area contributed by atoms with E-state index in [0.29, 0.717) is 21.8 Å². The first-order valence-electron chi connectivity index (χ1n) is 6.97. The standard InChI is InChI=1S/C18H14ClN3O/c19-16-7-4-11(9-15(16)17-3-1-2-8-22-17)14-10-12(20)5-6-13(14)18(21)23/h1-10H,20H2,(H2,21,23). The highest BCUT2D eigenvalue weighted by molar-refractivity contribution is 6.33. The number of amides is 1. The van der Waals surface area contributed by atoms with Crippen LogP contribution in [0.25, 0.3) is 22.4 Å². The summed E-state index contributed by atoms with van der Waals surface area (Å²) in [5.41, 5.74) is 15.3. The molecular weight excluding hydrogens is 310 g/mol. The Hall–Kier alpha value is -2.85. The Morgan fingerprint density at radius 3 is 2.52 bits per heavy atom. The zero-order chi connectivity index (χ0) is 16.4. The maximum absolute atomic E-state index is 11.7. The molecule has 114 valence electrons. The van der Waals surface area contributed by atoms with E-state index in [2.05, 4.69) is 4.98 Å². The number of hydrogen-bond acceptors (Lipinski definition) is 3. The Bertz CT molecular complexity index is 879. The van der Waals surface area contributed by atoms with Crippen LogP contribution in [0.4, 0.5) is 5.69 Å². The van der Waals surface area contributed by atoms with E-state index in [1.807, 2.05) is 30.3 Å². The topological polar surface area (TPSA) is 82.0 Å². The molecule has 4 N–H and O–H groups in total. The summed E-state index contributed by atoms with van der Waals surface area (Å²) in [6.07, 6.45) is 1.70. The fourth-order valence-corrected chi connectivity index (χ4v) is 2.64. The smallest absolute Gasteiger partial charge is 0.249 e. The number of anilines is 1. The summed E-state index contributed by atoms with van der Waals surface area (Å²) in [5, 5.41) is 0.581. The van der Waals surface area contributed by atoms with Gasteiger partial charge >= 0.3 is 0 Å². The van der Waals surface area contributed by atoms with Gasteiger partial charge < -0.3 is 11.5 Å². The Morgan fingerprint density at radius 2 is 1.83 bits per heavy atom. The lowest BCUT2D eigenvalue weighted by molar-refractivity contribution is 0.100. The lowest BCUT2D eigenvalue weighted by Crippen LogP contribution is -2.12. The van der Waals surface area contributed by atoms with Gasteiger partial charge in [-0.25, -0.2) is 0 Å². The fourth-order valence-electron chi connectivity index (χ4n) is 2.43. The van der Waals surface area contributed by atoms with Gasteiger partial charge in [-0.05, 0) is 53.6 Å². The third-order valence-corrected chi connectivity index (χ3v) is 3.86. The third-order valence-electron chi connectivity index (χ3n) is 3.53. The Balaban J connectivity index is 2.20. The van der Waals surface area contributed by atoms with Crippen LogP contribution in [-0.4, -0.2) is 10.9 Å². The minimum absolute atomic E-state index is 0.411. The van der Waals surface area contributed by atoms with Gasteiger partial charge in [0.25, 0.3) is 0 Å². The van der Waals surface area contributed by atoms with E-state index in [9.17, 15) is 4.79 Å². The number of nitrogen functional groups attached to an aromatic ring is 1. The number of carbonyl (C=O) groups excluding carboxylic acids is 1. The van der Waals surface area contributed by atoms with Gasteiger partial charge in [-0.3, -0.25) is 9.78 Å². The molecule has 1 aromatic heterocycles. The largest absolute Gasteiger partial charge is 0.399 e. The predicted octanol–water partition coefficient (Wildman–Crippen LogP) is 3.75. The van der Waals surface area contributed by atoms with Crippen LogP contribution >= 0.6 is 11.6 Å². The van der Waals surface area contributed by atoms with Gasteiger partial charge in [0.1, 0.15) is 0 Å². The molecule has 0 spiro atoms. The molecule has 0 radical (unpaired) electrons. The highest BCUT2D eigenvalue weighted by Crippen LogP contribution is 2.33. The number of rotatable bonds is 3. The number of nitrogens with zero attached hydrogens (tertiary/aromatic N) is 1. The van der Waals surface area contributed by atoms with Crippen molar-refractivity contribution in [2.24, 2.45) is 5.73 Å². The van der Waals surface area contributed by atoms with Crippen molar-refractivity contribution in [1.29, 1.82) is 0 Å². The fraction of sp³-hybridized carbons (Fsp3) is 0. The van der Waals surface area contributed by atoms with Crippen molar-refractivity contribution in [2.75, 3.05) is 5.73 Å². The number of nitrogens with two attached hydrogens (primary N) is 2. The number of primary amides is 1. The molecule has 0 aliphatic rings. The van der Waals surface area contributed by atoms with E-state index < -0.39 is 5.91 Å². The molecule has 0 saturated heterocycles. The molecule has 3 aromatic rings. The highest BCUT2D eigenvalue weighted by atomic mass is 35.5. The lowest BCUT2D eigenvalue weighted by Gasteiger charge is -2.11. The highest BCUT2D eigenvalue weighted by Gasteiger charge is 2.13. The monoisotopic (exact) mass is 323 g/mol. The quantitative estimate of drug-likeness (QED) is 0.720. The number of benzene rings is 2. The average Bonchev–Trinajstić information content (AvgIpc) is 2.55. The van der Waals surface area contributed by atoms with Crippen LogP contribution in [-0.2, 0) is 0 Å². The predicted molar refractivity (Wildman–Crippen MR) is 93.0 cm³/mol. The van der Waals surface area contributed by atoms with E-state index in [4.69, 9.17) is 23.1 Å². The average molecular weight is 324 g/mol. The van der Waals surface area contributed by atoms with Gasteiger partial charge in [0, 0.05) is 28.0 Å². The molecule has 0 unspecified atom stereocenters. The van der Waals surface area contributed by atoms with E-state index in [1.54, 1.807) is 30.5 Å². The summed E-state index contributed by atoms with van der Waals surface area (Å²) in [4.78, 5) is 16.0. The van der Waals surface area contributed by atoms with Crippen LogP contribution in [0.15, 0.2) is 60.8 Å². The van der Waals surface area contributed by atoms with Crippen molar-refractivity contribution in [1.82, 2.24) is 4.98 Å². The number of halogens is 1. The second-order valence-corrected chi connectivity index (χ2v) is 5.49. The minimum Gasteiger partial charge on any atom is -0.399 e. The molecule has 0 bridgehead atoms. The Morgan fingerprint density at radius 1 is 1.00 bits per heavy atom. The normalized spacial score (nSPS) is 10.5. The van der Waals surface area contributed by atoms with Crippen molar-refractivity contribution in [3.05, 3.63) is 71.4 Å².